The van der Waals surface area contributed by atoms with E-state index < -0.39 is 0 Å². The quantitative estimate of drug-likeness (QED) is 0.631. The number of hydrogen-bond donors (Lipinski definition) is 1. The molecule has 2 rings (SSSR count). The maximum Gasteiger partial charge on any atom is 0.123 e. The first-order valence-electron chi connectivity index (χ1n) is 4.49. The van der Waals surface area contributed by atoms with Gasteiger partial charge in [0.15, 0.2) is 0 Å². The molecule has 1 aromatic heterocycles. The normalized spacial score (nSPS) is 21.9. The van der Waals surface area contributed by atoms with Gasteiger partial charge in [-0.15, -0.1) is 0 Å². The summed E-state index contributed by atoms with van der Waals surface area (Å²) in [6, 6.07) is 2.02. The summed E-state index contributed by atoms with van der Waals surface area (Å²) in [5.41, 5.74) is 8.40. The van der Waals surface area contributed by atoms with Crippen LogP contribution in [0.1, 0.15) is 24.5 Å². The third-order valence-electron chi connectivity index (χ3n) is 2.58. The van der Waals surface area contributed by atoms with Gasteiger partial charge in [-0.1, -0.05) is 6.92 Å². The van der Waals surface area contributed by atoms with Crippen LogP contribution < -0.4 is 5.73 Å². The SMILES string of the molecule is C[C@@H]1CCc2cc(N)ncc2C1. The summed E-state index contributed by atoms with van der Waals surface area (Å²) in [5, 5.41) is 0. The highest BCUT2D eigenvalue weighted by Gasteiger charge is 2.14. The van der Waals surface area contributed by atoms with Crippen LogP contribution in [0.4, 0.5) is 5.82 Å². The number of pyridine rings is 1. The van der Waals surface area contributed by atoms with Crippen LogP contribution >= 0.6 is 0 Å². The molecule has 0 saturated carbocycles. The van der Waals surface area contributed by atoms with E-state index in [-0.39, 0.29) is 0 Å². The second-order valence-corrected chi connectivity index (χ2v) is 3.73. The molecule has 0 bridgehead atoms. The molecule has 1 aromatic rings. The Bertz CT molecular complexity index is 294. The Kier molecular flexibility index (Phi) is 1.75. The summed E-state index contributed by atoms with van der Waals surface area (Å²) >= 11 is 0. The van der Waals surface area contributed by atoms with Gasteiger partial charge in [0.2, 0.25) is 0 Å². The van der Waals surface area contributed by atoms with Gasteiger partial charge in [0.05, 0.1) is 0 Å². The van der Waals surface area contributed by atoms with E-state index in [1.807, 2.05) is 12.3 Å². The highest BCUT2D eigenvalue weighted by molar-refractivity contribution is 5.38. The third kappa shape index (κ3) is 1.29. The van der Waals surface area contributed by atoms with Crippen LogP contribution in [0, 0.1) is 5.92 Å². The Morgan fingerprint density at radius 3 is 3.17 bits per heavy atom. The van der Waals surface area contributed by atoms with Gasteiger partial charge >= 0.3 is 0 Å². The van der Waals surface area contributed by atoms with Gasteiger partial charge in [0.1, 0.15) is 5.82 Å². The van der Waals surface area contributed by atoms with E-state index in [9.17, 15) is 0 Å². The Hall–Kier alpha value is -1.05. The molecule has 2 nitrogen and oxygen atoms in total. The number of aromatic nitrogens is 1. The summed E-state index contributed by atoms with van der Waals surface area (Å²) in [4.78, 5) is 4.10. The average molecular weight is 162 g/mol. The molecule has 0 aromatic carbocycles. The summed E-state index contributed by atoms with van der Waals surface area (Å²) in [6.45, 7) is 2.29. The molecule has 2 N–H and O–H groups in total. The Labute approximate surface area is 72.8 Å². The first-order valence-corrected chi connectivity index (χ1v) is 4.49. The first-order chi connectivity index (χ1) is 5.75. The lowest BCUT2D eigenvalue weighted by Crippen LogP contribution is -2.12. The van der Waals surface area contributed by atoms with E-state index in [0.29, 0.717) is 5.82 Å². The average Bonchev–Trinajstić information content (AvgIpc) is 2.05. The molecule has 0 saturated heterocycles. The maximum absolute atomic E-state index is 5.61. The number of aryl methyl sites for hydroxylation is 1. The number of hydrogen-bond acceptors (Lipinski definition) is 2. The number of fused-ring (bicyclic) bond motifs is 1. The zero-order chi connectivity index (χ0) is 8.55. The van der Waals surface area contributed by atoms with E-state index in [2.05, 4.69) is 11.9 Å². The maximum atomic E-state index is 5.61. The highest BCUT2D eigenvalue weighted by atomic mass is 14.8. The van der Waals surface area contributed by atoms with Crippen LogP contribution in [0.5, 0.6) is 0 Å². The molecule has 0 aliphatic heterocycles. The van der Waals surface area contributed by atoms with Gasteiger partial charge in [0.25, 0.3) is 0 Å². The Morgan fingerprint density at radius 1 is 1.50 bits per heavy atom. The molecule has 1 aliphatic rings. The fourth-order valence-corrected chi connectivity index (χ4v) is 1.84. The number of anilines is 1. The minimum Gasteiger partial charge on any atom is -0.384 e. The van der Waals surface area contributed by atoms with E-state index in [1.165, 1.54) is 30.4 Å². The van der Waals surface area contributed by atoms with Crippen LogP contribution in [0.25, 0.3) is 0 Å². The summed E-state index contributed by atoms with van der Waals surface area (Å²) < 4.78 is 0. The predicted molar refractivity (Wildman–Crippen MR) is 49.8 cm³/mol. The molecule has 2 heteroatoms. The fraction of sp³-hybridized carbons (Fsp3) is 0.500. The monoisotopic (exact) mass is 162 g/mol. The zero-order valence-electron chi connectivity index (χ0n) is 7.38. The molecular formula is C10H14N2. The summed E-state index contributed by atoms with van der Waals surface area (Å²) in [7, 11) is 0. The molecule has 0 radical (unpaired) electrons. The topological polar surface area (TPSA) is 38.9 Å². The van der Waals surface area contributed by atoms with Gasteiger partial charge in [-0.2, -0.15) is 0 Å². The molecule has 0 amide bonds. The second kappa shape index (κ2) is 2.77. The fourth-order valence-electron chi connectivity index (χ4n) is 1.84. The van der Waals surface area contributed by atoms with Crippen LogP contribution in [0.2, 0.25) is 0 Å². The third-order valence-corrected chi connectivity index (χ3v) is 2.58. The molecule has 0 spiro atoms. The van der Waals surface area contributed by atoms with Crippen molar-refractivity contribution in [2.75, 3.05) is 5.73 Å². The van der Waals surface area contributed by atoms with Crippen molar-refractivity contribution in [1.29, 1.82) is 0 Å². The first kappa shape index (κ1) is 7.59. The minimum absolute atomic E-state index is 0.656. The molecule has 1 aliphatic carbocycles. The van der Waals surface area contributed by atoms with E-state index in [1.54, 1.807) is 0 Å². The van der Waals surface area contributed by atoms with Crippen molar-refractivity contribution in [2.45, 2.75) is 26.2 Å². The zero-order valence-corrected chi connectivity index (χ0v) is 7.38. The molecule has 0 fully saturated rings. The van der Waals surface area contributed by atoms with Crippen molar-refractivity contribution in [3.8, 4) is 0 Å². The molecule has 64 valence electrons. The lowest BCUT2D eigenvalue weighted by molar-refractivity contribution is 0.500. The van der Waals surface area contributed by atoms with Gasteiger partial charge in [0, 0.05) is 6.20 Å². The minimum atomic E-state index is 0.656. The molecule has 12 heavy (non-hydrogen) atoms. The van der Waals surface area contributed by atoms with Crippen LogP contribution in [-0.2, 0) is 12.8 Å². The molecule has 0 unspecified atom stereocenters. The van der Waals surface area contributed by atoms with Crippen LogP contribution in [0.15, 0.2) is 12.3 Å². The second-order valence-electron chi connectivity index (χ2n) is 3.73. The van der Waals surface area contributed by atoms with E-state index >= 15 is 0 Å². The summed E-state index contributed by atoms with van der Waals surface area (Å²) in [5.74, 6) is 1.46. The predicted octanol–water partition coefficient (Wildman–Crippen LogP) is 1.79. The smallest absolute Gasteiger partial charge is 0.123 e. The lowest BCUT2D eigenvalue weighted by atomic mass is 9.86. The number of rotatable bonds is 0. The number of nitrogens with two attached hydrogens (primary N) is 1. The van der Waals surface area contributed by atoms with E-state index in [0.717, 1.165) is 5.92 Å². The van der Waals surface area contributed by atoms with Crippen molar-refractivity contribution in [3.05, 3.63) is 23.4 Å². The van der Waals surface area contributed by atoms with Gasteiger partial charge < -0.3 is 5.73 Å². The Morgan fingerprint density at radius 2 is 2.33 bits per heavy atom. The number of nitrogens with zero attached hydrogens (tertiary/aromatic N) is 1. The van der Waals surface area contributed by atoms with Crippen molar-refractivity contribution in [2.24, 2.45) is 5.92 Å². The Balaban J connectivity index is 2.37. The van der Waals surface area contributed by atoms with Crippen molar-refractivity contribution >= 4 is 5.82 Å². The molecule has 1 atom stereocenters. The van der Waals surface area contributed by atoms with Crippen LogP contribution in [-0.4, -0.2) is 4.98 Å². The lowest BCUT2D eigenvalue weighted by Gasteiger charge is -2.20. The van der Waals surface area contributed by atoms with Crippen LogP contribution in [0.3, 0.4) is 0 Å². The van der Waals surface area contributed by atoms with Crippen molar-refractivity contribution in [3.63, 3.8) is 0 Å². The molecule has 1 heterocycles. The van der Waals surface area contributed by atoms with Gasteiger partial charge in [-0.05, 0) is 42.4 Å². The van der Waals surface area contributed by atoms with Gasteiger partial charge in [-0.3, -0.25) is 0 Å². The van der Waals surface area contributed by atoms with Gasteiger partial charge in [-0.25, -0.2) is 4.98 Å². The molecular weight excluding hydrogens is 148 g/mol. The largest absolute Gasteiger partial charge is 0.384 e. The highest BCUT2D eigenvalue weighted by Crippen LogP contribution is 2.25. The van der Waals surface area contributed by atoms with Crippen molar-refractivity contribution < 1.29 is 0 Å². The van der Waals surface area contributed by atoms with E-state index in [4.69, 9.17) is 5.73 Å². The standard InChI is InChI=1S/C10H14N2/c1-7-2-3-8-5-10(11)12-6-9(8)4-7/h5-7H,2-4H2,1H3,(H2,11,12)/t7-/m1/s1. The number of nitrogen functional groups attached to an aromatic ring is 1. The summed E-state index contributed by atoms with van der Waals surface area (Å²) in [6.07, 6.45) is 5.56. The van der Waals surface area contributed by atoms with Crippen molar-refractivity contribution in [1.82, 2.24) is 4.98 Å².